The number of hydrogen-bond acceptors (Lipinski definition) is 5. The van der Waals surface area contributed by atoms with Crippen molar-refractivity contribution in [2.45, 2.75) is 0 Å². The van der Waals surface area contributed by atoms with Crippen molar-refractivity contribution in [3.63, 3.8) is 0 Å². The molecule has 0 saturated carbocycles. The molecule has 48 valence electrons. The molecule has 0 aromatic rings. The van der Waals surface area contributed by atoms with E-state index in [0.717, 1.165) is 0 Å². The molecular formula is H3O5PPt. The number of rotatable bonds is 0. The first kappa shape index (κ1) is 7.92. The van der Waals surface area contributed by atoms with Crippen LogP contribution in [-0.4, -0.2) is 14.7 Å². The fraction of sp³-hybridized carbons (Fsp3) is 0. The van der Waals surface area contributed by atoms with Crippen molar-refractivity contribution in [2.24, 2.45) is 0 Å². The summed E-state index contributed by atoms with van der Waals surface area (Å²) in [5, 5.41) is 0. The monoisotopic (exact) mass is 309 g/mol. The van der Waals surface area contributed by atoms with E-state index in [4.69, 9.17) is 14.7 Å². The van der Waals surface area contributed by atoms with Crippen LogP contribution in [0.15, 0.2) is 0 Å². The van der Waals surface area contributed by atoms with Gasteiger partial charge in [0.2, 0.25) is 0 Å². The maximum Gasteiger partial charge on any atom is 0 e. The van der Waals surface area contributed by atoms with E-state index in [2.05, 4.69) is 9.35 Å². The predicted octanol–water partition coefficient (Wildman–Crippen LogP) is -0.949. The second-order valence-electron chi connectivity index (χ2n) is 0.982. The van der Waals surface area contributed by atoms with Gasteiger partial charge in [-0.15, -0.1) is 0 Å². The van der Waals surface area contributed by atoms with E-state index >= 15 is 0 Å². The Bertz CT molecular complexity index is 71.8. The van der Waals surface area contributed by atoms with Crippen molar-refractivity contribution in [3.05, 3.63) is 0 Å². The summed E-state index contributed by atoms with van der Waals surface area (Å²) in [4.78, 5) is 23.7. The minimum Gasteiger partial charge on any atom is 0 e. The first-order valence-electron chi connectivity index (χ1n) is 1.13. The van der Waals surface area contributed by atoms with E-state index in [1.807, 2.05) is 0 Å². The molecule has 7 heteroatoms. The minimum absolute atomic E-state index is 0. The van der Waals surface area contributed by atoms with Gasteiger partial charge < -0.3 is 0 Å². The molecule has 0 spiro atoms. The summed E-state index contributed by atoms with van der Waals surface area (Å²) >= 11 is 0. The van der Waals surface area contributed by atoms with Crippen molar-refractivity contribution >= 4 is 7.74 Å². The van der Waals surface area contributed by atoms with Gasteiger partial charge in [0.25, 0.3) is 0 Å². The molecule has 1 saturated heterocycles. The molecule has 0 radical (unpaired) electrons. The fourth-order valence-electron chi connectivity index (χ4n) is 0.0447. The van der Waals surface area contributed by atoms with Crippen molar-refractivity contribution in [3.8, 4) is 0 Å². The van der Waals surface area contributed by atoms with Crippen LogP contribution >= 0.6 is 7.74 Å². The SMILES string of the molecule is OP1(O)(O)OO1.[Pt]. The zero-order valence-corrected chi connectivity index (χ0v) is 6.09. The summed E-state index contributed by atoms with van der Waals surface area (Å²) in [7, 11) is -4.80. The topological polar surface area (TPSA) is 85.8 Å². The van der Waals surface area contributed by atoms with Crippen molar-refractivity contribution < 1.29 is 45.1 Å². The van der Waals surface area contributed by atoms with Gasteiger partial charge >= 0.3 is 31.8 Å². The second-order valence-corrected chi connectivity index (χ2v) is 2.95. The second kappa shape index (κ2) is 1.45. The average Bonchev–Trinajstić information content (AvgIpc) is 1.73. The van der Waals surface area contributed by atoms with Gasteiger partial charge in [0.1, 0.15) is 0 Å². The summed E-state index contributed by atoms with van der Waals surface area (Å²) in [6.07, 6.45) is 0. The Morgan fingerprint density at radius 1 is 1.00 bits per heavy atom. The largest absolute Gasteiger partial charge is 0 e. The Labute approximate surface area is 53.4 Å². The third-order valence-corrected chi connectivity index (χ3v) is 0.824. The maximum absolute atomic E-state index is 7.89. The number of hydrogen-bond donors (Lipinski definition) is 3. The summed E-state index contributed by atoms with van der Waals surface area (Å²) in [6, 6.07) is 0. The molecule has 0 aromatic carbocycles. The standard InChI is InChI=1S/H3O5P.Pt/c1-6(2,3)4-5-6;/h1-3H;. The van der Waals surface area contributed by atoms with Crippen LogP contribution in [0.4, 0.5) is 0 Å². The van der Waals surface area contributed by atoms with Crippen LogP contribution in [0.25, 0.3) is 0 Å². The molecule has 1 aliphatic rings. The quantitative estimate of drug-likeness (QED) is 0.305. The van der Waals surface area contributed by atoms with Gasteiger partial charge in [-0.05, 0) is 0 Å². The third-order valence-electron chi connectivity index (χ3n) is 0.275. The van der Waals surface area contributed by atoms with Crippen LogP contribution in [0, 0.1) is 0 Å². The van der Waals surface area contributed by atoms with Crippen LogP contribution in [0.2, 0.25) is 0 Å². The van der Waals surface area contributed by atoms with Crippen molar-refractivity contribution in [2.75, 3.05) is 0 Å². The van der Waals surface area contributed by atoms with Crippen LogP contribution in [0.5, 0.6) is 0 Å². The van der Waals surface area contributed by atoms with Gasteiger partial charge in [0, 0.05) is 21.1 Å². The van der Waals surface area contributed by atoms with E-state index < -0.39 is 7.74 Å². The van der Waals surface area contributed by atoms with Crippen molar-refractivity contribution in [1.82, 2.24) is 0 Å². The van der Waals surface area contributed by atoms with Gasteiger partial charge in [-0.1, -0.05) is 0 Å². The van der Waals surface area contributed by atoms with Crippen molar-refractivity contribution in [1.29, 1.82) is 0 Å². The molecule has 0 amide bonds. The molecule has 1 rings (SSSR count). The third kappa shape index (κ3) is 2.67. The zero-order chi connectivity index (χ0) is 4.86. The van der Waals surface area contributed by atoms with E-state index in [1.54, 1.807) is 0 Å². The Morgan fingerprint density at radius 2 is 1.14 bits per heavy atom. The normalized spacial score (nSPS) is 36.7. The molecule has 1 fully saturated rings. The average molecular weight is 309 g/mol. The van der Waals surface area contributed by atoms with Crippen LogP contribution in [-0.2, 0) is 30.4 Å². The fourth-order valence-corrected chi connectivity index (χ4v) is 0.402. The Kier molecular flexibility index (Phi) is 1.64. The van der Waals surface area contributed by atoms with E-state index in [-0.39, 0.29) is 21.1 Å². The molecule has 7 heavy (non-hydrogen) atoms. The molecular weight excluding hydrogens is 306 g/mol. The minimum atomic E-state index is -4.80. The molecule has 0 unspecified atom stereocenters. The predicted molar refractivity (Wildman–Crippen MR) is 15.7 cm³/mol. The molecule has 1 heterocycles. The molecule has 5 nitrogen and oxygen atoms in total. The Balaban J connectivity index is 0.000000360. The summed E-state index contributed by atoms with van der Waals surface area (Å²) in [6.45, 7) is 0. The van der Waals surface area contributed by atoms with Gasteiger partial charge in [-0.2, -0.15) is 0 Å². The summed E-state index contributed by atoms with van der Waals surface area (Å²) in [5.41, 5.74) is 0. The molecule has 0 aliphatic carbocycles. The molecule has 0 atom stereocenters. The van der Waals surface area contributed by atoms with Crippen LogP contribution in [0.3, 0.4) is 0 Å². The summed E-state index contributed by atoms with van der Waals surface area (Å²) in [5.74, 6) is 0. The molecule has 1 aliphatic heterocycles. The van der Waals surface area contributed by atoms with E-state index in [1.165, 1.54) is 0 Å². The Morgan fingerprint density at radius 3 is 1.14 bits per heavy atom. The first-order valence-corrected chi connectivity index (χ1v) is 3.06. The first-order chi connectivity index (χ1) is 2.47. The molecule has 0 bridgehead atoms. The maximum atomic E-state index is 7.89. The van der Waals surface area contributed by atoms with Gasteiger partial charge in [0.15, 0.2) is 0 Å². The van der Waals surface area contributed by atoms with Crippen LogP contribution < -0.4 is 0 Å². The zero-order valence-electron chi connectivity index (χ0n) is 2.92. The van der Waals surface area contributed by atoms with Gasteiger partial charge in [-0.3, -0.25) is 0 Å². The van der Waals surface area contributed by atoms with E-state index in [0.29, 0.717) is 0 Å². The van der Waals surface area contributed by atoms with E-state index in [9.17, 15) is 0 Å². The Hall–Kier alpha value is 0.918. The summed E-state index contributed by atoms with van der Waals surface area (Å²) < 4.78 is 6.76. The smallest absolute Gasteiger partial charge is 0 e. The van der Waals surface area contributed by atoms with Gasteiger partial charge in [0.05, 0.1) is 0 Å². The molecule has 0 aromatic heterocycles. The van der Waals surface area contributed by atoms with Gasteiger partial charge in [-0.25, -0.2) is 0 Å². The van der Waals surface area contributed by atoms with Crippen LogP contribution in [0.1, 0.15) is 0 Å². The molecule has 3 N–H and O–H groups in total.